The summed E-state index contributed by atoms with van der Waals surface area (Å²) < 4.78 is 1.41. The van der Waals surface area contributed by atoms with E-state index in [1.54, 1.807) is 18.2 Å². The van der Waals surface area contributed by atoms with Gasteiger partial charge in [-0.05, 0) is 30.7 Å². The number of H-pyrrole nitrogens is 1. The Hall–Kier alpha value is -3.23. The van der Waals surface area contributed by atoms with Gasteiger partial charge in [0.15, 0.2) is 0 Å². The van der Waals surface area contributed by atoms with Crippen LogP contribution in [-0.2, 0) is 13.1 Å². The SMILES string of the molecule is CCn1c(=O)c(=O)[nH]c2cc(C(=O)NCCN3CCN(Cc4ccccc4)CC3)ccc21. The van der Waals surface area contributed by atoms with E-state index in [9.17, 15) is 14.4 Å². The number of hydrogen-bond donors (Lipinski definition) is 2. The number of nitrogens with zero attached hydrogens (tertiary/aromatic N) is 3. The number of nitrogens with one attached hydrogen (secondary N) is 2. The summed E-state index contributed by atoms with van der Waals surface area (Å²) in [6.45, 7) is 8.52. The number of aryl methyl sites for hydroxylation is 1. The van der Waals surface area contributed by atoms with Crippen molar-refractivity contribution in [1.82, 2.24) is 24.7 Å². The number of amides is 1. The quantitative estimate of drug-likeness (QED) is 0.546. The Morgan fingerprint density at radius 2 is 1.72 bits per heavy atom. The molecule has 1 aromatic heterocycles. The van der Waals surface area contributed by atoms with E-state index in [0.29, 0.717) is 29.7 Å². The Morgan fingerprint density at radius 3 is 2.44 bits per heavy atom. The van der Waals surface area contributed by atoms with Crippen molar-refractivity contribution in [3.8, 4) is 0 Å². The van der Waals surface area contributed by atoms with Crippen LogP contribution in [0.3, 0.4) is 0 Å². The summed E-state index contributed by atoms with van der Waals surface area (Å²) in [5.74, 6) is -0.190. The van der Waals surface area contributed by atoms with E-state index in [0.717, 1.165) is 39.3 Å². The molecule has 2 N–H and O–H groups in total. The van der Waals surface area contributed by atoms with E-state index < -0.39 is 11.1 Å². The van der Waals surface area contributed by atoms with Gasteiger partial charge >= 0.3 is 11.1 Å². The van der Waals surface area contributed by atoms with Gasteiger partial charge in [0, 0.05) is 57.9 Å². The lowest BCUT2D eigenvalue weighted by Crippen LogP contribution is -2.48. The molecule has 0 saturated carbocycles. The normalized spacial score (nSPS) is 15.2. The highest BCUT2D eigenvalue weighted by atomic mass is 16.2. The zero-order valence-corrected chi connectivity index (χ0v) is 18.3. The van der Waals surface area contributed by atoms with Crippen molar-refractivity contribution in [2.75, 3.05) is 39.3 Å². The average molecular weight is 436 g/mol. The van der Waals surface area contributed by atoms with E-state index in [-0.39, 0.29) is 5.91 Å². The standard InChI is InChI=1S/C24H29N5O3/c1-2-29-21-9-8-19(16-20(21)26-23(31)24(29)32)22(30)25-10-11-27-12-14-28(15-13-27)17-18-6-4-3-5-7-18/h3-9,16H,2,10-15,17H2,1H3,(H,25,30)(H,26,31). The molecule has 32 heavy (non-hydrogen) atoms. The molecule has 0 unspecified atom stereocenters. The molecule has 168 valence electrons. The molecular formula is C24H29N5O3. The Morgan fingerprint density at radius 1 is 1.00 bits per heavy atom. The van der Waals surface area contributed by atoms with Crippen LogP contribution < -0.4 is 16.4 Å². The molecule has 1 aliphatic heterocycles. The van der Waals surface area contributed by atoms with Crippen LogP contribution in [0.1, 0.15) is 22.8 Å². The average Bonchev–Trinajstić information content (AvgIpc) is 2.81. The van der Waals surface area contributed by atoms with Gasteiger partial charge < -0.3 is 14.9 Å². The van der Waals surface area contributed by atoms with Crippen molar-refractivity contribution in [1.29, 1.82) is 0 Å². The van der Waals surface area contributed by atoms with Gasteiger partial charge in [-0.1, -0.05) is 30.3 Å². The summed E-state index contributed by atoms with van der Waals surface area (Å²) in [5.41, 5.74) is 1.63. The van der Waals surface area contributed by atoms with Gasteiger partial charge in [0.1, 0.15) is 0 Å². The van der Waals surface area contributed by atoms with Crippen LogP contribution in [0, 0.1) is 0 Å². The molecule has 1 fully saturated rings. The van der Waals surface area contributed by atoms with Gasteiger partial charge in [-0.15, -0.1) is 0 Å². The highest BCUT2D eigenvalue weighted by Gasteiger charge is 2.17. The second-order valence-corrected chi connectivity index (χ2v) is 8.09. The number of hydrogen-bond acceptors (Lipinski definition) is 5. The lowest BCUT2D eigenvalue weighted by molar-refractivity contribution is 0.0934. The predicted molar refractivity (Wildman–Crippen MR) is 125 cm³/mol. The monoisotopic (exact) mass is 435 g/mol. The van der Waals surface area contributed by atoms with E-state index in [1.165, 1.54) is 10.1 Å². The lowest BCUT2D eigenvalue weighted by atomic mass is 10.1. The third kappa shape index (κ3) is 4.98. The Kier molecular flexibility index (Phi) is 6.82. The maximum Gasteiger partial charge on any atom is 0.316 e. The molecule has 0 aliphatic carbocycles. The maximum atomic E-state index is 12.6. The van der Waals surface area contributed by atoms with Crippen LogP contribution in [0.15, 0.2) is 58.1 Å². The number of rotatable bonds is 7. The van der Waals surface area contributed by atoms with Crippen LogP contribution in [0.5, 0.6) is 0 Å². The van der Waals surface area contributed by atoms with Gasteiger partial charge in [0.05, 0.1) is 11.0 Å². The minimum Gasteiger partial charge on any atom is -0.351 e. The zero-order valence-electron chi connectivity index (χ0n) is 18.3. The molecule has 2 aromatic carbocycles. The van der Waals surface area contributed by atoms with Crippen molar-refractivity contribution in [3.63, 3.8) is 0 Å². The zero-order chi connectivity index (χ0) is 22.5. The molecule has 8 nitrogen and oxygen atoms in total. The molecule has 1 saturated heterocycles. The van der Waals surface area contributed by atoms with Crippen LogP contribution in [0.25, 0.3) is 11.0 Å². The van der Waals surface area contributed by atoms with Crippen LogP contribution in [0.4, 0.5) is 0 Å². The fraction of sp³-hybridized carbons (Fsp3) is 0.375. The summed E-state index contributed by atoms with van der Waals surface area (Å²) in [5, 5.41) is 2.96. The molecule has 1 amide bonds. The molecule has 2 heterocycles. The van der Waals surface area contributed by atoms with E-state index in [4.69, 9.17) is 0 Å². The minimum absolute atomic E-state index is 0.190. The third-order valence-corrected chi connectivity index (χ3v) is 5.98. The van der Waals surface area contributed by atoms with Gasteiger partial charge in [-0.3, -0.25) is 24.2 Å². The molecular weight excluding hydrogens is 406 g/mol. The molecule has 0 radical (unpaired) electrons. The number of aromatic nitrogens is 2. The smallest absolute Gasteiger partial charge is 0.316 e. The van der Waals surface area contributed by atoms with Gasteiger partial charge in [-0.25, -0.2) is 0 Å². The summed E-state index contributed by atoms with van der Waals surface area (Å²) in [4.78, 5) is 43.8. The highest BCUT2D eigenvalue weighted by molar-refractivity contribution is 5.97. The lowest BCUT2D eigenvalue weighted by Gasteiger charge is -2.34. The van der Waals surface area contributed by atoms with E-state index in [1.807, 2.05) is 13.0 Å². The first-order valence-corrected chi connectivity index (χ1v) is 11.1. The van der Waals surface area contributed by atoms with Crippen LogP contribution in [0.2, 0.25) is 0 Å². The summed E-state index contributed by atoms with van der Waals surface area (Å²) in [6, 6.07) is 15.5. The third-order valence-electron chi connectivity index (χ3n) is 5.98. The molecule has 0 atom stereocenters. The number of carbonyl (C=O) groups is 1. The van der Waals surface area contributed by atoms with Crippen LogP contribution >= 0.6 is 0 Å². The van der Waals surface area contributed by atoms with Gasteiger partial charge in [0.2, 0.25) is 0 Å². The Balaban J connectivity index is 1.28. The fourth-order valence-corrected chi connectivity index (χ4v) is 4.18. The second kappa shape index (κ2) is 9.93. The van der Waals surface area contributed by atoms with Crippen molar-refractivity contribution in [3.05, 3.63) is 80.4 Å². The van der Waals surface area contributed by atoms with Crippen molar-refractivity contribution < 1.29 is 4.79 Å². The largest absolute Gasteiger partial charge is 0.351 e. The number of fused-ring (bicyclic) bond motifs is 1. The van der Waals surface area contributed by atoms with Crippen molar-refractivity contribution in [2.45, 2.75) is 20.0 Å². The maximum absolute atomic E-state index is 12.6. The van der Waals surface area contributed by atoms with E-state index in [2.05, 4.69) is 44.4 Å². The van der Waals surface area contributed by atoms with Crippen molar-refractivity contribution in [2.24, 2.45) is 0 Å². The van der Waals surface area contributed by atoms with Crippen molar-refractivity contribution >= 4 is 16.9 Å². The molecule has 8 heteroatoms. The number of aromatic amines is 1. The van der Waals surface area contributed by atoms with Crippen LogP contribution in [-0.4, -0.2) is 64.5 Å². The van der Waals surface area contributed by atoms with Gasteiger partial charge in [0.25, 0.3) is 5.91 Å². The summed E-state index contributed by atoms with van der Waals surface area (Å²) >= 11 is 0. The summed E-state index contributed by atoms with van der Waals surface area (Å²) in [7, 11) is 0. The summed E-state index contributed by atoms with van der Waals surface area (Å²) in [6.07, 6.45) is 0. The molecule has 1 aliphatic rings. The highest BCUT2D eigenvalue weighted by Crippen LogP contribution is 2.12. The Labute approximate surface area is 186 Å². The van der Waals surface area contributed by atoms with Gasteiger partial charge in [-0.2, -0.15) is 0 Å². The molecule has 0 bridgehead atoms. The molecule has 4 rings (SSSR count). The second-order valence-electron chi connectivity index (χ2n) is 8.09. The molecule has 0 spiro atoms. The molecule has 3 aromatic rings. The fourth-order valence-electron chi connectivity index (χ4n) is 4.18. The topological polar surface area (TPSA) is 90.4 Å². The predicted octanol–water partition coefficient (Wildman–Crippen LogP) is 1.26. The number of piperazine rings is 1. The number of carbonyl (C=O) groups excluding carboxylic acids is 1. The first-order chi connectivity index (χ1) is 15.5. The first kappa shape index (κ1) is 22.0. The number of benzene rings is 2. The first-order valence-electron chi connectivity index (χ1n) is 11.1. The van der Waals surface area contributed by atoms with E-state index >= 15 is 0 Å². The minimum atomic E-state index is -0.677. The Bertz CT molecular complexity index is 1190.